The Hall–Kier alpha value is -3.20. The van der Waals surface area contributed by atoms with Crippen molar-refractivity contribution in [1.29, 1.82) is 0 Å². The molecular formula is C28H26ClF5N4O4S. The summed E-state index contributed by atoms with van der Waals surface area (Å²) >= 11 is 6.89. The van der Waals surface area contributed by atoms with E-state index in [9.17, 15) is 27.2 Å². The maximum Gasteiger partial charge on any atom is 0.417 e. The number of carbonyl (C=O) groups excluding carboxylic acids is 1. The van der Waals surface area contributed by atoms with Gasteiger partial charge in [0.2, 0.25) is 5.91 Å². The second kappa shape index (κ2) is 12.4. The number of nitrogens with zero attached hydrogens (tertiary/aromatic N) is 4. The fraction of sp³-hybridized carbons (Fsp3) is 0.393. The Morgan fingerprint density at radius 3 is 2.53 bits per heavy atom. The molecule has 2 aliphatic heterocycles. The van der Waals surface area contributed by atoms with Crippen LogP contribution in [0.4, 0.5) is 27.8 Å². The minimum absolute atomic E-state index is 0.0113. The van der Waals surface area contributed by atoms with Gasteiger partial charge in [-0.05, 0) is 18.2 Å². The van der Waals surface area contributed by atoms with E-state index in [0.717, 1.165) is 23.9 Å². The zero-order chi connectivity index (χ0) is 31.1. The van der Waals surface area contributed by atoms with Crippen molar-refractivity contribution in [1.82, 2.24) is 14.5 Å². The van der Waals surface area contributed by atoms with E-state index in [2.05, 4.69) is 11.6 Å². The summed E-state index contributed by atoms with van der Waals surface area (Å²) in [5, 5.41) is -0.538. The van der Waals surface area contributed by atoms with Gasteiger partial charge in [0, 0.05) is 66.5 Å². The third-order valence-corrected chi connectivity index (χ3v) is 8.80. The van der Waals surface area contributed by atoms with Crippen molar-refractivity contribution >= 4 is 46.0 Å². The van der Waals surface area contributed by atoms with Crippen LogP contribution >= 0.6 is 23.4 Å². The summed E-state index contributed by atoms with van der Waals surface area (Å²) < 4.78 is 85.8. The van der Waals surface area contributed by atoms with Crippen molar-refractivity contribution in [3.8, 4) is 11.1 Å². The molecule has 43 heavy (non-hydrogen) atoms. The van der Waals surface area contributed by atoms with Crippen LogP contribution in [0.1, 0.15) is 5.56 Å². The zero-order valence-electron chi connectivity index (χ0n) is 22.8. The largest absolute Gasteiger partial charge is 0.417 e. The van der Waals surface area contributed by atoms with Crippen LogP contribution in [0.2, 0.25) is 5.02 Å². The van der Waals surface area contributed by atoms with E-state index in [0.29, 0.717) is 6.07 Å². The molecule has 1 amide bonds. The summed E-state index contributed by atoms with van der Waals surface area (Å²) in [7, 11) is 1.48. The number of piperazine rings is 1. The maximum absolute atomic E-state index is 15.2. The minimum atomic E-state index is -4.98. The van der Waals surface area contributed by atoms with Crippen molar-refractivity contribution in [3.05, 3.63) is 63.6 Å². The Bertz CT molecular complexity index is 1640. The normalized spacial score (nSPS) is 17.3. The number of methoxy groups -OCH3 is 1. The van der Waals surface area contributed by atoms with Crippen molar-refractivity contribution in [2.45, 2.75) is 23.7 Å². The number of ether oxygens (including phenoxy) is 2. The number of aromatic nitrogens is 2. The average Bonchev–Trinajstić information content (AvgIpc) is 3.17. The quantitative estimate of drug-likeness (QED) is 0.155. The smallest absolute Gasteiger partial charge is 0.382 e. The molecule has 230 valence electrons. The molecule has 0 saturated carbocycles. The summed E-state index contributed by atoms with van der Waals surface area (Å²) in [5.41, 5.74) is -2.94. The van der Waals surface area contributed by atoms with E-state index in [-0.39, 0.29) is 79.2 Å². The Morgan fingerprint density at radius 1 is 1.16 bits per heavy atom. The highest BCUT2D eigenvalue weighted by molar-refractivity contribution is 7.99. The number of hydrogen-bond acceptors (Lipinski definition) is 7. The van der Waals surface area contributed by atoms with Gasteiger partial charge in [0.05, 0.1) is 42.0 Å². The van der Waals surface area contributed by atoms with Gasteiger partial charge in [-0.3, -0.25) is 9.36 Å². The van der Waals surface area contributed by atoms with E-state index in [1.807, 2.05) is 0 Å². The van der Waals surface area contributed by atoms with E-state index in [1.54, 1.807) is 4.90 Å². The number of benzene rings is 2. The van der Waals surface area contributed by atoms with Gasteiger partial charge in [-0.2, -0.15) is 18.2 Å². The number of amides is 1. The third kappa shape index (κ3) is 6.10. The lowest BCUT2D eigenvalue weighted by atomic mass is 9.95. The molecular weight excluding hydrogens is 619 g/mol. The topological polar surface area (TPSA) is 76.9 Å². The SMILES string of the molecule is C=CC(=O)N1CCN(c2nc(=O)n3c4c(c(-c5cc(Cl)c(F)cc5F)c(C(F)(F)F)cc24)SCC(OCCOC)C3)CC1. The number of rotatable bonds is 7. The first-order valence-corrected chi connectivity index (χ1v) is 14.5. The second-order valence-electron chi connectivity index (χ2n) is 9.91. The molecule has 2 aliphatic rings. The third-order valence-electron chi connectivity index (χ3n) is 7.29. The van der Waals surface area contributed by atoms with Gasteiger partial charge in [0.15, 0.2) is 0 Å². The molecule has 0 radical (unpaired) electrons. The molecule has 0 N–H and O–H groups in total. The van der Waals surface area contributed by atoms with E-state index < -0.39 is 51.3 Å². The van der Waals surface area contributed by atoms with Gasteiger partial charge in [0.1, 0.15) is 17.5 Å². The highest BCUT2D eigenvalue weighted by Gasteiger charge is 2.39. The fourth-order valence-corrected chi connectivity index (χ4v) is 6.69. The number of carbonyl (C=O) groups is 1. The number of hydrogen-bond donors (Lipinski definition) is 0. The van der Waals surface area contributed by atoms with Crippen LogP contribution in [-0.2, 0) is 27.0 Å². The molecule has 1 atom stereocenters. The Balaban J connectivity index is 1.78. The molecule has 0 aliphatic carbocycles. The first-order valence-electron chi connectivity index (χ1n) is 13.2. The number of anilines is 1. The highest BCUT2D eigenvalue weighted by atomic mass is 35.5. The lowest BCUT2D eigenvalue weighted by Crippen LogP contribution is -2.49. The van der Waals surface area contributed by atoms with Gasteiger partial charge in [-0.15, -0.1) is 11.8 Å². The second-order valence-corrected chi connectivity index (χ2v) is 11.3. The molecule has 5 rings (SSSR count). The Labute approximate surface area is 252 Å². The molecule has 3 heterocycles. The number of halogens is 6. The van der Waals surface area contributed by atoms with Gasteiger partial charge in [-0.25, -0.2) is 13.6 Å². The van der Waals surface area contributed by atoms with Crippen LogP contribution in [-0.4, -0.2) is 78.7 Å². The molecule has 1 aromatic heterocycles. The summed E-state index contributed by atoms with van der Waals surface area (Å²) in [5.74, 6) is -2.53. The van der Waals surface area contributed by atoms with Gasteiger partial charge in [0.25, 0.3) is 0 Å². The summed E-state index contributed by atoms with van der Waals surface area (Å²) in [6.45, 7) is 4.72. The van der Waals surface area contributed by atoms with E-state index in [4.69, 9.17) is 21.1 Å². The van der Waals surface area contributed by atoms with Crippen molar-refractivity contribution in [3.63, 3.8) is 0 Å². The Morgan fingerprint density at radius 2 is 1.88 bits per heavy atom. The molecule has 15 heteroatoms. The first kappa shape index (κ1) is 31.2. The fourth-order valence-electron chi connectivity index (χ4n) is 5.25. The van der Waals surface area contributed by atoms with Crippen LogP contribution in [0.25, 0.3) is 22.0 Å². The summed E-state index contributed by atoms with van der Waals surface area (Å²) in [6.07, 6.45) is -4.44. The molecule has 1 unspecified atom stereocenters. The molecule has 1 saturated heterocycles. The predicted molar refractivity (Wildman–Crippen MR) is 153 cm³/mol. The van der Waals surface area contributed by atoms with E-state index >= 15 is 4.39 Å². The zero-order valence-corrected chi connectivity index (χ0v) is 24.4. The van der Waals surface area contributed by atoms with Crippen LogP contribution in [0.3, 0.4) is 0 Å². The minimum Gasteiger partial charge on any atom is -0.382 e. The summed E-state index contributed by atoms with van der Waals surface area (Å²) in [4.78, 5) is 33.0. The van der Waals surface area contributed by atoms with Crippen molar-refractivity contribution < 1.29 is 36.2 Å². The molecule has 0 bridgehead atoms. The molecule has 0 spiro atoms. The van der Waals surface area contributed by atoms with Crippen molar-refractivity contribution in [2.24, 2.45) is 0 Å². The lowest BCUT2D eigenvalue weighted by molar-refractivity contribution is -0.137. The molecule has 2 aromatic carbocycles. The van der Waals surface area contributed by atoms with Gasteiger partial charge in [-0.1, -0.05) is 18.2 Å². The van der Waals surface area contributed by atoms with Crippen LogP contribution in [0, 0.1) is 11.6 Å². The van der Waals surface area contributed by atoms with E-state index in [1.165, 1.54) is 22.7 Å². The molecule has 1 fully saturated rings. The average molecular weight is 645 g/mol. The lowest BCUT2D eigenvalue weighted by Gasteiger charge is -2.35. The van der Waals surface area contributed by atoms with Gasteiger partial charge < -0.3 is 19.3 Å². The monoisotopic (exact) mass is 644 g/mol. The number of thioether (sulfide) groups is 1. The van der Waals surface area contributed by atoms with Crippen LogP contribution in [0.5, 0.6) is 0 Å². The van der Waals surface area contributed by atoms with Crippen LogP contribution < -0.4 is 10.6 Å². The van der Waals surface area contributed by atoms with Crippen LogP contribution in [0.15, 0.2) is 40.5 Å². The first-order chi connectivity index (χ1) is 20.4. The van der Waals surface area contributed by atoms with Crippen molar-refractivity contribution in [2.75, 3.05) is 57.2 Å². The maximum atomic E-state index is 15.2. The number of alkyl halides is 3. The van der Waals surface area contributed by atoms with Gasteiger partial charge >= 0.3 is 11.9 Å². The molecule has 3 aromatic rings. The standard InChI is InChI=1S/C28H26ClF5N4O4S/c1-3-22(39)36-4-6-37(7-5-36)26-17-10-18(28(32,33)34)23(16-11-19(29)21(31)12-20(16)30)25-24(17)38(27(40)35-26)13-15(14-43-25)42-9-8-41-2/h3,10-12,15H,1,4-9,13-14H2,2H3. The Kier molecular flexibility index (Phi) is 9.02. The predicted octanol–water partition coefficient (Wildman–Crippen LogP) is 4.99. The summed E-state index contributed by atoms with van der Waals surface area (Å²) in [6, 6.07) is 2.09. The highest BCUT2D eigenvalue weighted by Crippen LogP contribution is 2.49. The molecule has 8 nitrogen and oxygen atoms in total.